The fourth-order valence-corrected chi connectivity index (χ4v) is 3.07. The molecule has 0 bridgehead atoms. The van der Waals surface area contributed by atoms with Crippen molar-refractivity contribution in [3.8, 4) is 0 Å². The molecule has 0 spiro atoms. The number of hydrogen-bond acceptors (Lipinski definition) is 3. The smallest absolute Gasteiger partial charge is 0.0718 e. The first-order chi connectivity index (χ1) is 9.83. The van der Waals surface area contributed by atoms with E-state index >= 15 is 0 Å². The molecule has 118 valence electrons. The van der Waals surface area contributed by atoms with Crippen LogP contribution in [-0.2, 0) is 11.3 Å². The predicted octanol–water partition coefficient (Wildman–Crippen LogP) is 3.06. The minimum absolute atomic E-state index is 0.318. The van der Waals surface area contributed by atoms with E-state index in [9.17, 15) is 5.11 Å². The van der Waals surface area contributed by atoms with Crippen LogP contribution >= 0.6 is 0 Å². The molecule has 0 saturated carbocycles. The molecule has 3 heteroatoms. The second-order valence-corrected chi connectivity index (χ2v) is 7.05. The third-order valence-corrected chi connectivity index (χ3v) is 3.99. The molecular formula is C18H29NO2. The minimum atomic E-state index is -0.683. The van der Waals surface area contributed by atoms with Crippen LogP contribution in [0.25, 0.3) is 0 Å². The third-order valence-electron chi connectivity index (χ3n) is 3.99. The van der Waals surface area contributed by atoms with Gasteiger partial charge in [0.2, 0.25) is 0 Å². The van der Waals surface area contributed by atoms with Crippen molar-refractivity contribution in [2.24, 2.45) is 0 Å². The van der Waals surface area contributed by atoms with Gasteiger partial charge >= 0.3 is 0 Å². The highest BCUT2D eigenvalue weighted by Gasteiger charge is 2.24. The Balaban J connectivity index is 2.06. The summed E-state index contributed by atoms with van der Waals surface area (Å²) in [6.45, 7) is 11.3. The number of nitrogens with zero attached hydrogens (tertiary/aromatic N) is 1. The summed E-state index contributed by atoms with van der Waals surface area (Å²) in [6, 6.07) is 6.60. The minimum Gasteiger partial charge on any atom is -0.389 e. The Hall–Kier alpha value is -0.900. The molecule has 0 aliphatic carbocycles. The van der Waals surface area contributed by atoms with E-state index in [0.717, 1.165) is 32.5 Å². The van der Waals surface area contributed by atoms with E-state index in [0.29, 0.717) is 12.6 Å². The number of rotatable bonds is 6. The highest BCUT2D eigenvalue weighted by atomic mass is 16.5. The summed E-state index contributed by atoms with van der Waals surface area (Å²) < 4.78 is 5.76. The van der Waals surface area contributed by atoms with Crippen molar-refractivity contribution in [2.75, 3.05) is 19.7 Å². The van der Waals surface area contributed by atoms with E-state index in [1.165, 1.54) is 16.7 Å². The van der Waals surface area contributed by atoms with Gasteiger partial charge in [-0.3, -0.25) is 4.90 Å². The Morgan fingerprint density at radius 2 is 2.10 bits per heavy atom. The summed E-state index contributed by atoms with van der Waals surface area (Å²) in [5.74, 6) is 0. The summed E-state index contributed by atoms with van der Waals surface area (Å²) in [4.78, 5) is 2.33. The van der Waals surface area contributed by atoms with Gasteiger partial charge < -0.3 is 9.84 Å². The SMILES string of the molecule is Cc1ccc(CN(CC2CCCO2)CC(C)(C)O)c(C)c1. The molecule has 0 aromatic heterocycles. The molecular weight excluding hydrogens is 262 g/mol. The van der Waals surface area contributed by atoms with Gasteiger partial charge in [-0.1, -0.05) is 23.8 Å². The van der Waals surface area contributed by atoms with Crippen LogP contribution in [0.15, 0.2) is 18.2 Å². The van der Waals surface area contributed by atoms with Crippen molar-refractivity contribution in [1.82, 2.24) is 4.90 Å². The average Bonchev–Trinajstić information content (AvgIpc) is 2.83. The lowest BCUT2D eigenvalue weighted by atomic mass is 10.0. The lowest BCUT2D eigenvalue weighted by Crippen LogP contribution is -2.41. The van der Waals surface area contributed by atoms with Gasteiger partial charge in [0, 0.05) is 26.2 Å². The molecule has 1 aliphatic heterocycles. The summed E-state index contributed by atoms with van der Waals surface area (Å²) in [5.41, 5.74) is 3.27. The van der Waals surface area contributed by atoms with E-state index in [4.69, 9.17) is 4.74 Å². The zero-order valence-electron chi connectivity index (χ0n) is 13.9. The van der Waals surface area contributed by atoms with Crippen LogP contribution in [0.3, 0.4) is 0 Å². The van der Waals surface area contributed by atoms with Gasteiger partial charge in [-0.05, 0) is 51.7 Å². The largest absolute Gasteiger partial charge is 0.389 e. The average molecular weight is 291 g/mol. The molecule has 1 aromatic carbocycles. The third kappa shape index (κ3) is 5.42. The zero-order chi connectivity index (χ0) is 15.5. The number of benzene rings is 1. The topological polar surface area (TPSA) is 32.7 Å². The molecule has 2 rings (SSSR count). The maximum absolute atomic E-state index is 10.2. The molecule has 0 radical (unpaired) electrons. The normalized spacial score (nSPS) is 19.4. The molecule has 1 aliphatic rings. The zero-order valence-corrected chi connectivity index (χ0v) is 13.9. The molecule has 1 heterocycles. The predicted molar refractivity (Wildman–Crippen MR) is 86.5 cm³/mol. The van der Waals surface area contributed by atoms with Crippen molar-refractivity contribution in [2.45, 2.75) is 58.8 Å². The molecule has 1 N–H and O–H groups in total. The van der Waals surface area contributed by atoms with Gasteiger partial charge in [-0.25, -0.2) is 0 Å². The van der Waals surface area contributed by atoms with E-state index in [1.54, 1.807) is 0 Å². The first-order valence-electron chi connectivity index (χ1n) is 7.96. The molecule has 0 amide bonds. The lowest BCUT2D eigenvalue weighted by Gasteiger charge is -2.31. The molecule has 1 atom stereocenters. The van der Waals surface area contributed by atoms with Crippen molar-refractivity contribution in [3.05, 3.63) is 34.9 Å². The number of hydrogen-bond donors (Lipinski definition) is 1. The van der Waals surface area contributed by atoms with Crippen LogP contribution in [0.2, 0.25) is 0 Å². The maximum Gasteiger partial charge on any atom is 0.0718 e. The molecule has 1 aromatic rings. The summed E-state index contributed by atoms with van der Waals surface area (Å²) in [5, 5.41) is 10.2. The number of ether oxygens (including phenoxy) is 1. The van der Waals surface area contributed by atoms with Crippen LogP contribution in [0.4, 0.5) is 0 Å². The Morgan fingerprint density at radius 3 is 2.67 bits per heavy atom. The van der Waals surface area contributed by atoms with Gasteiger partial charge in [0.05, 0.1) is 11.7 Å². The molecule has 1 saturated heterocycles. The fourth-order valence-electron chi connectivity index (χ4n) is 3.07. The summed E-state index contributed by atoms with van der Waals surface area (Å²) in [7, 11) is 0. The Labute approximate surface area is 128 Å². The fraction of sp³-hybridized carbons (Fsp3) is 0.667. The summed E-state index contributed by atoms with van der Waals surface area (Å²) >= 11 is 0. The van der Waals surface area contributed by atoms with Crippen molar-refractivity contribution < 1.29 is 9.84 Å². The van der Waals surface area contributed by atoms with E-state index in [-0.39, 0.29) is 0 Å². The van der Waals surface area contributed by atoms with Crippen LogP contribution in [0, 0.1) is 13.8 Å². The monoisotopic (exact) mass is 291 g/mol. The second-order valence-electron chi connectivity index (χ2n) is 7.05. The molecule has 21 heavy (non-hydrogen) atoms. The van der Waals surface area contributed by atoms with Gasteiger partial charge in [0.15, 0.2) is 0 Å². The highest BCUT2D eigenvalue weighted by Crippen LogP contribution is 2.19. The quantitative estimate of drug-likeness (QED) is 0.874. The molecule has 1 fully saturated rings. The number of aryl methyl sites for hydroxylation is 2. The van der Waals surface area contributed by atoms with Crippen LogP contribution in [-0.4, -0.2) is 41.4 Å². The first kappa shape index (κ1) is 16.5. The van der Waals surface area contributed by atoms with Crippen molar-refractivity contribution in [1.29, 1.82) is 0 Å². The maximum atomic E-state index is 10.2. The molecule has 1 unspecified atom stereocenters. The Bertz CT molecular complexity index is 459. The van der Waals surface area contributed by atoms with Gasteiger partial charge in [0.1, 0.15) is 0 Å². The van der Waals surface area contributed by atoms with Crippen molar-refractivity contribution >= 4 is 0 Å². The van der Waals surface area contributed by atoms with Gasteiger partial charge in [-0.2, -0.15) is 0 Å². The van der Waals surface area contributed by atoms with Crippen LogP contribution < -0.4 is 0 Å². The summed E-state index contributed by atoms with van der Waals surface area (Å²) in [6.07, 6.45) is 2.61. The Kier molecular flexibility index (Phi) is 5.42. The standard InChI is InChI=1S/C18H29NO2/c1-14-7-8-16(15(2)10-14)11-19(13-18(3,4)20)12-17-6-5-9-21-17/h7-8,10,17,20H,5-6,9,11-13H2,1-4H3. The first-order valence-corrected chi connectivity index (χ1v) is 7.96. The van der Waals surface area contributed by atoms with Gasteiger partial charge in [-0.15, -0.1) is 0 Å². The van der Waals surface area contributed by atoms with Gasteiger partial charge in [0.25, 0.3) is 0 Å². The van der Waals surface area contributed by atoms with E-state index in [2.05, 4.69) is 36.9 Å². The van der Waals surface area contributed by atoms with Crippen LogP contribution in [0.1, 0.15) is 43.4 Å². The number of aliphatic hydroxyl groups is 1. The highest BCUT2D eigenvalue weighted by molar-refractivity contribution is 5.30. The van der Waals surface area contributed by atoms with E-state index in [1.807, 2.05) is 13.8 Å². The van der Waals surface area contributed by atoms with Crippen molar-refractivity contribution in [3.63, 3.8) is 0 Å². The second kappa shape index (κ2) is 6.91. The Morgan fingerprint density at radius 1 is 1.33 bits per heavy atom. The van der Waals surface area contributed by atoms with Crippen LogP contribution in [0.5, 0.6) is 0 Å². The molecule has 3 nitrogen and oxygen atoms in total. The lowest BCUT2D eigenvalue weighted by molar-refractivity contribution is 0.00873. The van der Waals surface area contributed by atoms with E-state index < -0.39 is 5.60 Å².